The van der Waals surface area contributed by atoms with Gasteiger partial charge in [-0.25, -0.2) is 0 Å². The van der Waals surface area contributed by atoms with Gasteiger partial charge in [0.05, 0.1) is 29.3 Å². The lowest BCUT2D eigenvalue weighted by atomic mass is 9.98. The van der Waals surface area contributed by atoms with Gasteiger partial charge in [-0.1, -0.05) is 36.5 Å². The third-order valence-electron chi connectivity index (χ3n) is 4.91. The molecule has 1 aromatic heterocycles. The first kappa shape index (κ1) is 21.7. The van der Waals surface area contributed by atoms with Crippen LogP contribution in [0.5, 0.6) is 5.75 Å². The number of aliphatic hydroxyl groups is 1. The number of unbranched alkanes of at least 4 members (excludes halogenated alkanes) is 1. The predicted octanol–water partition coefficient (Wildman–Crippen LogP) is 5.59. The Morgan fingerprint density at radius 3 is 2.62 bits per heavy atom. The fraction of sp³-hybridized carbons (Fsp3) is 0.333. The fourth-order valence-electron chi connectivity index (χ4n) is 3.47. The number of methoxy groups -OCH3 is 1. The zero-order chi connectivity index (χ0) is 21.3. The van der Waals surface area contributed by atoms with Crippen molar-refractivity contribution in [3.05, 3.63) is 55.2 Å². The number of hydrogen-bond donors (Lipinski definition) is 1. The van der Waals surface area contributed by atoms with Crippen molar-refractivity contribution in [2.45, 2.75) is 32.7 Å². The van der Waals surface area contributed by atoms with Crippen molar-refractivity contribution in [2.24, 2.45) is 0 Å². The number of Topliss-reactive ketones (excluding diaryl/α,β-unsaturated/α-hetero) is 1. The third-order valence-corrected chi connectivity index (χ3v) is 6.48. The van der Waals surface area contributed by atoms with Gasteiger partial charge in [-0.3, -0.25) is 9.59 Å². The van der Waals surface area contributed by atoms with E-state index >= 15 is 0 Å². The second kappa shape index (κ2) is 8.78. The predicted molar refractivity (Wildman–Crippen MR) is 116 cm³/mol. The van der Waals surface area contributed by atoms with Crippen LogP contribution in [0.15, 0.2) is 29.2 Å². The number of rotatable bonds is 6. The number of halogens is 2. The number of benzene rings is 1. The van der Waals surface area contributed by atoms with E-state index < -0.39 is 17.7 Å². The Balaban J connectivity index is 2.26. The SMILES string of the molecule is CCCCN1C(=O)C(=O)/C(=C(/O)c2cc(Cl)cc(Cl)c2OC)C1c1sccc1C. The molecule has 0 aliphatic carbocycles. The van der Waals surface area contributed by atoms with Crippen molar-refractivity contribution in [1.29, 1.82) is 0 Å². The zero-order valence-electron chi connectivity index (χ0n) is 16.3. The van der Waals surface area contributed by atoms with E-state index in [1.165, 1.54) is 35.5 Å². The van der Waals surface area contributed by atoms with Gasteiger partial charge in [0.25, 0.3) is 11.7 Å². The molecule has 0 saturated carbocycles. The number of ether oxygens (including phenoxy) is 1. The molecular weight excluding hydrogens is 433 g/mol. The first-order valence-electron chi connectivity index (χ1n) is 9.17. The summed E-state index contributed by atoms with van der Waals surface area (Å²) in [5, 5.41) is 13.5. The van der Waals surface area contributed by atoms with Crippen molar-refractivity contribution >= 4 is 52.0 Å². The normalized spacial score (nSPS) is 18.5. The molecule has 0 spiro atoms. The van der Waals surface area contributed by atoms with E-state index in [-0.39, 0.29) is 32.7 Å². The van der Waals surface area contributed by atoms with E-state index in [4.69, 9.17) is 27.9 Å². The maximum atomic E-state index is 13.0. The summed E-state index contributed by atoms with van der Waals surface area (Å²) in [5.41, 5.74) is 1.15. The van der Waals surface area contributed by atoms with E-state index in [1.54, 1.807) is 0 Å². The summed E-state index contributed by atoms with van der Waals surface area (Å²) in [6, 6.07) is 4.22. The largest absolute Gasteiger partial charge is 0.507 e. The highest BCUT2D eigenvalue weighted by atomic mass is 35.5. The highest BCUT2D eigenvalue weighted by molar-refractivity contribution is 7.10. The van der Waals surface area contributed by atoms with Crippen LogP contribution in [0, 0.1) is 6.92 Å². The van der Waals surface area contributed by atoms with Gasteiger partial charge < -0.3 is 14.7 Å². The minimum Gasteiger partial charge on any atom is -0.507 e. The lowest BCUT2D eigenvalue weighted by Gasteiger charge is -2.25. The Morgan fingerprint density at radius 1 is 1.31 bits per heavy atom. The molecular formula is C21H21Cl2NO4S. The average molecular weight is 454 g/mol. The zero-order valence-corrected chi connectivity index (χ0v) is 18.6. The highest BCUT2D eigenvalue weighted by Crippen LogP contribution is 2.45. The second-order valence-corrected chi connectivity index (χ2v) is 8.57. The number of nitrogens with zero attached hydrogens (tertiary/aromatic N) is 1. The molecule has 1 saturated heterocycles. The summed E-state index contributed by atoms with van der Waals surface area (Å²) in [4.78, 5) is 28.2. The molecule has 154 valence electrons. The number of amides is 1. The van der Waals surface area contributed by atoms with Gasteiger partial charge >= 0.3 is 0 Å². The van der Waals surface area contributed by atoms with E-state index in [0.29, 0.717) is 6.54 Å². The van der Waals surface area contributed by atoms with Crippen molar-refractivity contribution in [3.8, 4) is 5.75 Å². The minimum absolute atomic E-state index is 0.0216. The number of carbonyl (C=O) groups is 2. The van der Waals surface area contributed by atoms with Crippen LogP contribution in [0.25, 0.3) is 5.76 Å². The number of aliphatic hydroxyl groups excluding tert-OH is 1. The van der Waals surface area contributed by atoms with Crippen LogP contribution >= 0.6 is 34.5 Å². The van der Waals surface area contributed by atoms with Crippen LogP contribution < -0.4 is 4.74 Å². The topological polar surface area (TPSA) is 66.8 Å². The van der Waals surface area contributed by atoms with Gasteiger partial charge in [-0.2, -0.15) is 0 Å². The number of likely N-dealkylation sites (tertiary alicyclic amines) is 1. The highest BCUT2D eigenvalue weighted by Gasteiger charge is 2.47. The van der Waals surface area contributed by atoms with Crippen LogP contribution in [0.1, 0.15) is 41.8 Å². The molecule has 1 aromatic carbocycles. The van der Waals surface area contributed by atoms with E-state index in [9.17, 15) is 14.7 Å². The molecule has 5 nitrogen and oxygen atoms in total. The molecule has 1 fully saturated rings. The van der Waals surface area contributed by atoms with Crippen molar-refractivity contribution < 1.29 is 19.4 Å². The van der Waals surface area contributed by atoms with Crippen LogP contribution in [0.4, 0.5) is 0 Å². The molecule has 2 aromatic rings. The molecule has 3 rings (SSSR count). The summed E-state index contributed by atoms with van der Waals surface area (Å²) in [6.45, 7) is 4.36. The molecule has 29 heavy (non-hydrogen) atoms. The van der Waals surface area contributed by atoms with Crippen molar-refractivity contribution in [3.63, 3.8) is 0 Å². The quantitative estimate of drug-likeness (QED) is 0.351. The first-order valence-corrected chi connectivity index (χ1v) is 10.8. The van der Waals surface area contributed by atoms with Gasteiger partial charge in [-0.05, 0) is 42.5 Å². The number of aryl methyl sites for hydroxylation is 1. The Hall–Kier alpha value is -2.02. The summed E-state index contributed by atoms with van der Waals surface area (Å²) < 4.78 is 5.32. The Bertz CT molecular complexity index is 999. The van der Waals surface area contributed by atoms with E-state index in [0.717, 1.165) is 23.3 Å². The summed E-state index contributed by atoms with van der Waals surface area (Å²) >= 11 is 13.8. The van der Waals surface area contributed by atoms with Crippen LogP contribution in [-0.2, 0) is 9.59 Å². The number of hydrogen-bond acceptors (Lipinski definition) is 5. The average Bonchev–Trinajstić information content (AvgIpc) is 3.20. The third kappa shape index (κ3) is 3.89. The smallest absolute Gasteiger partial charge is 0.295 e. The number of thiophene rings is 1. The molecule has 1 aliphatic heterocycles. The molecule has 1 aliphatic rings. The Labute approximate surface area is 183 Å². The van der Waals surface area contributed by atoms with Crippen LogP contribution in [-0.4, -0.2) is 35.4 Å². The molecule has 1 N–H and O–H groups in total. The maximum Gasteiger partial charge on any atom is 0.295 e. The second-order valence-electron chi connectivity index (χ2n) is 6.78. The molecule has 1 atom stereocenters. The monoisotopic (exact) mass is 453 g/mol. The maximum absolute atomic E-state index is 13.0. The molecule has 1 unspecified atom stereocenters. The Kier molecular flexibility index (Phi) is 6.56. The minimum atomic E-state index is -0.727. The molecule has 2 heterocycles. The molecule has 0 radical (unpaired) electrons. The first-order chi connectivity index (χ1) is 13.8. The van der Waals surface area contributed by atoms with Gasteiger partial charge in [0.1, 0.15) is 11.5 Å². The lowest BCUT2D eigenvalue weighted by Crippen LogP contribution is -2.30. The van der Waals surface area contributed by atoms with Crippen molar-refractivity contribution in [1.82, 2.24) is 4.90 Å². The number of carbonyl (C=O) groups excluding carboxylic acids is 2. The number of ketones is 1. The summed E-state index contributed by atoms with van der Waals surface area (Å²) in [6.07, 6.45) is 1.62. The molecule has 0 bridgehead atoms. The molecule has 8 heteroatoms. The molecule has 1 amide bonds. The van der Waals surface area contributed by atoms with Gasteiger partial charge in [0.15, 0.2) is 0 Å². The van der Waals surface area contributed by atoms with Crippen molar-refractivity contribution in [2.75, 3.05) is 13.7 Å². The standard InChI is InChI=1S/C21H21Cl2NO4S/c1-4-5-7-24-16(20-11(2)6-8-29-20)15(18(26)21(24)27)17(25)13-9-12(22)10-14(23)19(13)28-3/h6,8-10,16,25H,4-5,7H2,1-3H3/b17-15+. The van der Waals surface area contributed by atoms with Gasteiger partial charge in [-0.15, -0.1) is 11.3 Å². The van der Waals surface area contributed by atoms with E-state index in [1.807, 2.05) is 25.3 Å². The van der Waals surface area contributed by atoms with Gasteiger partial charge in [0, 0.05) is 16.4 Å². The van der Waals surface area contributed by atoms with Crippen LogP contribution in [0.2, 0.25) is 10.0 Å². The van der Waals surface area contributed by atoms with Gasteiger partial charge in [0.2, 0.25) is 0 Å². The Morgan fingerprint density at radius 2 is 2.03 bits per heavy atom. The fourth-order valence-corrected chi connectivity index (χ4v) is 5.08. The van der Waals surface area contributed by atoms with Crippen LogP contribution in [0.3, 0.4) is 0 Å². The summed E-state index contributed by atoms with van der Waals surface area (Å²) in [7, 11) is 1.41. The lowest BCUT2D eigenvalue weighted by molar-refractivity contribution is -0.139. The van der Waals surface area contributed by atoms with E-state index in [2.05, 4.69) is 0 Å². The summed E-state index contributed by atoms with van der Waals surface area (Å²) in [5.74, 6) is -1.50.